The molecule has 1 atom stereocenters. The van der Waals surface area contributed by atoms with E-state index in [-0.39, 0.29) is 6.04 Å². The van der Waals surface area contributed by atoms with Crippen LogP contribution in [0.25, 0.3) is 0 Å². The van der Waals surface area contributed by atoms with Crippen molar-refractivity contribution in [2.45, 2.75) is 64.3 Å². The highest BCUT2D eigenvalue weighted by Crippen LogP contribution is 2.32. The normalized spacial score (nSPS) is 18.2. The first kappa shape index (κ1) is 16.2. The molecular formula is C17H29N3O. The van der Waals surface area contributed by atoms with E-state index in [0.29, 0.717) is 5.88 Å². The maximum Gasteiger partial charge on any atom is 0.236 e. The minimum atomic E-state index is 0.261. The minimum absolute atomic E-state index is 0.261. The number of nitrogens with zero attached hydrogens (tertiary/aromatic N) is 2. The Kier molecular flexibility index (Phi) is 6.93. The van der Waals surface area contributed by atoms with Crippen LogP contribution in [0.15, 0.2) is 12.4 Å². The summed E-state index contributed by atoms with van der Waals surface area (Å²) in [4.78, 5) is 8.85. The zero-order valence-corrected chi connectivity index (χ0v) is 13.5. The molecule has 4 nitrogen and oxygen atoms in total. The summed E-state index contributed by atoms with van der Waals surface area (Å²) in [5.41, 5.74) is 0.970. The van der Waals surface area contributed by atoms with Gasteiger partial charge in [-0.05, 0) is 25.3 Å². The number of hydrogen-bond acceptors (Lipinski definition) is 4. The molecular weight excluding hydrogens is 262 g/mol. The van der Waals surface area contributed by atoms with Gasteiger partial charge >= 0.3 is 0 Å². The lowest BCUT2D eigenvalue weighted by Gasteiger charge is -2.24. The van der Waals surface area contributed by atoms with E-state index in [4.69, 9.17) is 4.74 Å². The molecule has 1 aromatic rings. The van der Waals surface area contributed by atoms with Gasteiger partial charge in [0.05, 0.1) is 13.2 Å². The van der Waals surface area contributed by atoms with Crippen molar-refractivity contribution in [3.63, 3.8) is 0 Å². The largest absolute Gasteiger partial charge is 0.480 e. The molecule has 1 saturated carbocycles. The Morgan fingerprint density at radius 2 is 1.90 bits per heavy atom. The van der Waals surface area contributed by atoms with Gasteiger partial charge in [0, 0.05) is 12.4 Å². The summed E-state index contributed by atoms with van der Waals surface area (Å²) < 4.78 is 5.41. The molecule has 0 bridgehead atoms. The van der Waals surface area contributed by atoms with E-state index in [2.05, 4.69) is 22.2 Å². The molecule has 118 valence electrons. The van der Waals surface area contributed by atoms with Gasteiger partial charge in [-0.25, -0.2) is 4.98 Å². The second-order valence-corrected chi connectivity index (χ2v) is 6.05. The van der Waals surface area contributed by atoms with E-state index < -0.39 is 0 Å². The fourth-order valence-corrected chi connectivity index (χ4v) is 3.28. The van der Waals surface area contributed by atoms with Crippen LogP contribution in [-0.2, 0) is 0 Å². The van der Waals surface area contributed by atoms with Crippen molar-refractivity contribution in [1.82, 2.24) is 15.3 Å². The Labute approximate surface area is 128 Å². The van der Waals surface area contributed by atoms with Crippen LogP contribution in [0.5, 0.6) is 5.88 Å². The van der Waals surface area contributed by atoms with Crippen LogP contribution in [0, 0.1) is 5.92 Å². The van der Waals surface area contributed by atoms with E-state index >= 15 is 0 Å². The summed E-state index contributed by atoms with van der Waals surface area (Å²) in [6, 6.07) is 0.261. The highest BCUT2D eigenvalue weighted by molar-refractivity contribution is 5.21. The van der Waals surface area contributed by atoms with Crippen LogP contribution in [-0.4, -0.2) is 23.6 Å². The number of ether oxygens (including phenoxy) is 1. The van der Waals surface area contributed by atoms with Crippen LogP contribution >= 0.6 is 0 Å². The lowest BCUT2D eigenvalue weighted by molar-refractivity contribution is 0.331. The van der Waals surface area contributed by atoms with Crippen LogP contribution in [0.3, 0.4) is 0 Å². The summed E-state index contributed by atoms with van der Waals surface area (Å²) in [6.07, 6.45) is 14.0. The number of nitrogens with one attached hydrogen (secondary N) is 1. The molecule has 2 rings (SSSR count). The first-order valence-electron chi connectivity index (χ1n) is 8.43. The van der Waals surface area contributed by atoms with Crippen molar-refractivity contribution < 1.29 is 4.74 Å². The van der Waals surface area contributed by atoms with Gasteiger partial charge in [0.2, 0.25) is 5.88 Å². The second kappa shape index (κ2) is 8.98. The summed E-state index contributed by atoms with van der Waals surface area (Å²) in [7, 11) is 1.68. The van der Waals surface area contributed by atoms with Crippen molar-refractivity contribution in [1.29, 1.82) is 0 Å². The molecule has 0 radical (unpaired) electrons. The van der Waals surface area contributed by atoms with E-state index in [9.17, 15) is 0 Å². The van der Waals surface area contributed by atoms with Crippen molar-refractivity contribution in [3.05, 3.63) is 18.1 Å². The third-order valence-electron chi connectivity index (χ3n) is 4.40. The Morgan fingerprint density at radius 3 is 2.57 bits per heavy atom. The molecule has 1 unspecified atom stereocenters. The van der Waals surface area contributed by atoms with Crippen LogP contribution in [0.2, 0.25) is 0 Å². The Morgan fingerprint density at radius 1 is 1.19 bits per heavy atom. The van der Waals surface area contributed by atoms with Crippen molar-refractivity contribution >= 4 is 0 Å². The maximum atomic E-state index is 5.41. The number of rotatable bonds is 7. The van der Waals surface area contributed by atoms with E-state index in [1.165, 1.54) is 38.5 Å². The van der Waals surface area contributed by atoms with Gasteiger partial charge in [-0.1, -0.05) is 45.4 Å². The average Bonchev–Trinajstić information content (AvgIpc) is 2.80. The fourth-order valence-electron chi connectivity index (χ4n) is 3.28. The van der Waals surface area contributed by atoms with Crippen LogP contribution < -0.4 is 10.1 Å². The van der Waals surface area contributed by atoms with Crippen molar-refractivity contribution in [2.75, 3.05) is 13.7 Å². The smallest absolute Gasteiger partial charge is 0.236 e. The van der Waals surface area contributed by atoms with Gasteiger partial charge in [-0.15, -0.1) is 0 Å². The highest BCUT2D eigenvalue weighted by atomic mass is 16.5. The van der Waals surface area contributed by atoms with Gasteiger partial charge < -0.3 is 10.1 Å². The van der Waals surface area contributed by atoms with E-state index in [1.54, 1.807) is 19.5 Å². The quantitative estimate of drug-likeness (QED) is 0.774. The van der Waals surface area contributed by atoms with Gasteiger partial charge in [-0.3, -0.25) is 4.98 Å². The fraction of sp³-hybridized carbons (Fsp3) is 0.765. The highest BCUT2D eigenvalue weighted by Gasteiger charge is 2.23. The minimum Gasteiger partial charge on any atom is -0.480 e. The standard InChI is InChI=1S/C17H29N3O/c1-3-10-18-15(13-14-8-6-4-5-7-9-14)16-17(21-2)20-12-11-19-16/h11-12,14-15,18H,3-10,13H2,1-2H3. The van der Waals surface area contributed by atoms with Gasteiger partial charge in [0.15, 0.2) is 0 Å². The first-order chi connectivity index (χ1) is 10.3. The van der Waals surface area contributed by atoms with Crippen LogP contribution in [0.1, 0.15) is 70.0 Å². The van der Waals surface area contributed by atoms with Crippen molar-refractivity contribution in [2.24, 2.45) is 5.92 Å². The molecule has 1 aromatic heterocycles. The average molecular weight is 291 g/mol. The number of hydrogen-bond donors (Lipinski definition) is 1. The Bertz CT molecular complexity index is 403. The van der Waals surface area contributed by atoms with Crippen LogP contribution in [0.4, 0.5) is 0 Å². The SMILES string of the molecule is CCCNC(CC1CCCCCC1)c1nccnc1OC. The molecule has 1 aliphatic carbocycles. The molecule has 4 heteroatoms. The predicted octanol–water partition coefficient (Wildman–Crippen LogP) is 3.89. The Hall–Kier alpha value is -1.16. The third-order valence-corrected chi connectivity index (χ3v) is 4.40. The lowest BCUT2D eigenvalue weighted by Crippen LogP contribution is -2.26. The zero-order chi connectivity index (χ0) is 14.9. The monoisotopic (exact) mass is 291 g/mol. The van der Waals surface area contributed by atoms with Gasteiger partial charge in [-0.2, -0.15) is 0 Å². The number of methoxy groups -OCH3 is 1. The molecule has 1 fully saturated rings. The molecule has 1 heterocycles. The molecule has 21 heavy (non-hydrogen) atoms. The topological polar surface area (TPSA) is 47.0 Å². The lowest BCUT2D eigenvalue weighted by atomic mass is 9.91. The molecule has 0 aromatic carbocycles. The summed E-state index contributed by atoms with van der Waals surface area (Å²) in [5, 5.41) is 3.65. The van der Waals surface area contributed by atoms with E-state index in [0.717, 1.165) is 31.0 Å². The first-order valence-corrected chi connectivity index (χ1v) is 8.43. The summed E-state index contributed by atoms with van der Waals surface area (Å²) >= 11 is 0. The molecule has 0 spiro atoms. The molecule has 0 aliphatic heterocycles. The third kappa shape index (κ3) is 4.95. The molecule has 0 amide bonds. The van der Waals surface area contributed by atoms with Gasteiger partial charge in [0.1, 0.15) is 5.69 Å². The zero-order valence-electron chi connectivity index (χ0n) is 13.5. The predicted molar refractivity (Wildman–Crippen MR) is 85.4 cm³/mol. The summed E-state index contributed by atoms with van der Waals surface area (Å²) in [6.45, 7) is 3.21. The van der Waals surface area contributed by atoms with Gasteiger partial charge in [0.25, 0.3) is 0 Å². The number of aromatic nitrogens is 2. The maximum absolute atomic E-state index is 5.41. The summed E-state index contributed by atoms with van der Waals surface area (Å²) in [5.74, 6) is 1.47. The van der Waals surface area contributed by atoms with E-state index in [1.807, 2.05) is 0 Å². The molecule has 0 saturated heterocycles. The Balaban J connectivity index is 2.09. The molecule has 1 N–H and O–H groups in total. The van der Waals surface area contributed by atoms with Crippen molar-refractivity contribution in [3.8, 4) is 5.88 Å². The second-order valence-electron chi connectivity index (χ2n) is 6.05. The molecule has 1 aliphatic rings.